The fraction of sp³-hybridized carbons (Fsp3) is 1.00. The van der Waals surface area contributed by atoms with Crippen LogP contribution in [0.1, 0.15) is 155 Å². The van der Waals surface area contributed by atoms with Crippen LogP contribution in [0.25, 0.3) is 0 Å². The van der Waals surface area contributed by atoms with Crippen LogP contribution in [0.3, 0.4) is 0 Å². The summed E-state index contributed by atoms with van der Waals surface area (Å²) >= 11 is 0. The van der Waals surface area contributed by atoms with Crippen molar-refractivity contribution in [3.8, 4) is 0 Å². The molecular formula is C26H54O. The largest absolute Gasteiger partial charge is 0.385 e. The highest BCUT2D eigenvalue weighted by atomic mass is 16.5. The molecule has 0 atom stereocenters. The maximum absolute atomic E-state index is 5.09. The highest BCUT2D eigenvalue weighted by molar-refractivity contribution is 4.51. The second-order valence-corrected chi connectivity index (χ2v) is 8.77. The van der Waals surface area contributed by atoms with Crippen LogP contribution in [0.4, 0.5) is 0 Å². The van der Waals surface area contributed by atoms with Crippen LogP contribution in [0, 0.1) is 0 Å². The topological polar surface area (TPSA) is 9.23 Å². The number of hydrogen-bond donors (Lipinski definition) is 0. The molecule has 1 nitrogen and oxygen atoms in total. The van der Waals surface area contributed by atoms with Crippen LogP contribution in [0.5, 0.6) is 0 Å². The maximum atomic E-state index is 5.09. The Bertz CT molecular complexity index is 214. The predicted octanol–water partition coefficient (Wildman–Crippen LogP) is 9.62. The van der Waals surface area contributed by atoms with E-state index >= 15 is 0 Å². The molecule has 0 spiro atoms. The lowest BCUT2D eigenvalue weighted by molar-refractivity contribution is 0.192. The fourth-order valence-electron chi connectivity index (χ4n) is 4.03. The minimum atomic E-state index is 0.944. The highest BCUT2D eigenvalue weighted by Gasteiger charge is 1.95. The van der Waals surface area contributed by atoms with Gasteiger partial charge in [0, 0.05) is 13.7 Å². The minimum Gasteiger partial charge on any atom is -0.385 e. The predicted molar refractivity (Wildman–Crippen MR) is 124 cm³/mol. The van der Waals surface area contributed by atoms with Crippen molar-refractivity contribution in [2.45, 2.75) is 155 Å². The van der Waals surface area contributed by atoms with Gasteiger partial charge in [0.1, 0.15) is 0 Å². The Morgan fingerprint density at radius 3 is 0.778 bits per heavy atom. The van der Waals surface area contributed by atoms with Crippen molar-refractivity contribution >= 4 is 0 Å². The number of hydrogen-bond acceptors (Lipinski definition) is 1. The molecule has 0 radical (unpaired) electrons. The van der Waals surface area contributed by atoms with E-state index in [2.05, 4.69) is 6.92 Å². The Labute approximate surface area is 173 Å². The van der Waals surface area contributed by atoms with Crippen LogP contribution in [-0.4, -0.2) is 13.7 Å². The molecule has 0 heterocycles. The molecule has 0 aromatic carbocycles. The van der Waals surface area contributed by atoms with Gasteiger partial charge in [-0.05, 0) is 6.42 Å². The molecule has 1 heteroatoms. The average molecular weight is 383 g/mol. The lowest BCUT2D eigenvalue weighted by atomic mass is 10.0. The van der Waals surface area contributed by atoms with Crippen molar-refractivity contribution in [1.82, 2.24) is 0 Å². The van der Waals surface area contributed by atoms with Crippen molar-refractivity contribution in [2.24, 2.45) is 0 Å². The van der Waals surface area contributed by atoms with E-state index in [4.69, 9.17) is 4.74 Å². The molecule has 0 aliphatic heterocycles. The summed E-state index contributed by atoms with van der Waals surface area (Å²) in [5.74, 6) is 0. The summed E-state index contributed by atoms with van der Waals surface area (Å²) in [5, 5.41) is 0. The van der Waals surface area contributed by atoms with Gasteiger partial charge in [0.05, 0.1) is 0 Å². The van der Waals surface area contributed by atoms with E-state index in [1.165, 1.54) is 148 Å². The zero-order valence-corrected chi connectivity index (χ0v) is 19.4. The van der Waals surface area contributed by atoms with Gasteiger partial charge in [-0.15, -0.1) is 0 Å². The van der Waals surface area contributed by atoms with E-state index in [0.717, 1.165) is 6.61 Å². The zero-order chi connectivity index (χ0) is 19.7. The minimum absolute atomic E-state index is 0.944. The second kappa shape index (κ2) is 26.0. The van der Waals surface area contributed by atoms with E-state index in [0.29, 0.717) is 0 Å². The summed E-state index contributed by atoms with van der Waals surface area (Å²) in [6, 6.07) is 0. The van der Waals surface area contributed by atoms with Gasteiger partial charge in [-0.1, -0.05) is 148 Å². The molecule has 0 fully saturated rings. The lowest BCUT2D eigenvalue weighted by Crippen LogP contribution is -1.88. The van der Waals surface area contributed by atoms with Gasteiger partial charge in [0.2, 0.25) is 0 Å². The van der Waals surface area contributed by atoms with Gasteiger partial charge in [-0.3, -0.25) is 0 Å². The molecule has 27 heavy (non-hydrogen) atoms. The lowest BCUT2D eigenvalue weighted by Gasteiger charge is -2.04. The summed E-state index contributed by atoms with van der Waals surface area (Å²) in [4.78, 5) is 0. The molecule has 164 valence electrons. The Hall–Kier alpha value is -0.0400. The van der Waals surface area contributed by atoms with Gasteiger partial charge >= 0.3 is 0 Å². The summed E-state index contributed by atoms with van der Waals surface area (Å²) in [6.45, 7) is 3.24. The van der Waals surface area contributed by atoms with Crippen molar-refractivity contribution in [3.63, 3.8) is 0 Å². The van der Waals surface area contributed by atoms with Gasteiger partial charge in [-0.2, -0.15) is 0 Å². The molecule has 0 aromatic heterocycles. The Morgan fingerprint density at radius 2 is 0.556 bits per heavy atom. The summed E-state index contributed by atoms with van der Waals surface area (Å²) < 4.78 is 5.09. The standard InChI is InChI=1S/C26H54O/c1-3-4-5-6-7-8-9-10-11-12-13-14-15-16-17-18-19-20-21-22-23-24-25-26-27-2/h3-26H2,1-2H3. The van der Waals surface area contributed by atoms with E-state index in [1.54, 1.807) is 7.11 Å². The molecule has 0 N–H and O–H groups in total. The van der Waals surface area contributed by atoms with E-state index in [1.807, 2.05) is 0 Å². The normalized spacial score (nSPS) is 11.3. The molecule has 0 amide bonds. The van der Waals surface area contributed by atoms with E-state index < -0.39 is 0 Å². The Balaban J connectivity index is 2.95. The molecule has 0 bridgehead atoms. The third-order valence-electron chi connectivity index (χ3n) is 5.95. The van der Waals surface area contributed by atoms with E-state index in [9.17, 15) is 0 Å². The third kappa shape index (κ3) is 26.0. The van der Waals surface area contributed by atoms with Crippen LogP contribution in [-0.2, 0) is 4.74 Å². The van der Waals surface area contributed by atoms with E-state index in [-0.39, 0.29) is 0 Å². The monoisotopic (exact) mass is 382 g/mol. The molecular weight excluding hydrogens is 328 g/mol. The van der Waals surface area contributed by atoms with Crippen molar-refractivity contribution in [3.05, 3.63) is 0 Å². The molecule has 0 aliphatic carbocycles. The number of methoxy groups -OCH3 is 1. The van der Waals surface area contributed by atoms with Crippen LogP contribution < -0.4 is 0 Å². The molecule has 0 saturated carbocycles. The first kappa shape index (κ1) is 27.0. The quantitative estimate of drug-likeness (QED) is 0.151. The summed E-state index contributed by atoms with van der Waals surface area (Å²) in [7, 11) is 1.80. The van der Waals surface area contributed by atoms with Gasteiger partial charge in [-0.25, -0.2) is 0 Å². The Morgan fingerprint density at radius 1 is 0.333 bits per heavy atom. The first-order valence-electron chi connectivity index (χ1n) is 12.9. The van der Waals surface area contributed by atoms with Crippen molar-refractivity contribution < 1.29 is 4.74 Å². The number of unbranched alkanes of at least 4 members (excludes halogenated alkanes) is 22. The Kier molecular flexibility index (Phi) is 25.9. The molecule has 0 saturated heterocycles. The van der Waals surface area contributed by atoms with Gasteiger partial charge in [0.15, 0.2) is 0 Å². The average Bonchev–Trinajstić information content (AvgIpc) is 2.68. The first-order chi connectivity index (χ1) is 13.4. The van der Waals surface area contributed by atoms with Gasteiger partial charge in [0.25, 0.3) is 0 Å². The fourth-order valence-corrected chi connectivity index (χ4v) is 4.03. The first-order valence-corrected chi connectivity index (χ1v) is 12.9. The van der Waals surface area contributed by atoms with Crippen LogP contribution in [0.2, 0.25) is 0 Å². The molecule has 0 unspecified atom stereocenters. The summed E-state index contributed by atoms with van der Waals surface area (Å²) in [6.07, 6.45) is 33.4. The highest BCUT2D eigenvalue weighted by Crippen LogP contribution is 2.15. The van der Waals surface area contributed by atoms with Gasteiger partial charge < -0.3 is 4.74 Å². The maximum Gasteiger partial charge on any atom is 0.0462 e. The number of ether oxygens (including phenoxy) is 1. The van der Waals surface area contributed by atoms with Crippen molar-refractivity contribution in [1.29, 1.82) is 0 Å². The number of rotatable bonds is 24. The molecule has 0 aromatic rings. The zero-order valence-electron chi connectivity index (χ0n) is 19.4. The molecule has 0 rings (SSSR count). The third-order valence-corrected chi connectivity index (χ3v) is 5.95. The van der Waals surface area contributed by atoms with Crippen LogP contribution in [0.15, 0.2) is 0 Å². The van der Waals surface area contributed by atoms with Crippen molar-refractivity contribution in [2.75, 3.05) is 13.7 Å². The second-order valence-electron chi connectivity index (χ2n) is 8.77. The summed E-state index contributed by atoms with van der Waals surface area (Å²) in [5.41, 5.74) is 0. The van der Waals surface area contributed by atoms with Crippen LogP contribution >= 0.6 is 0 Å². The smallest absolute Gasteiger partial charge is 0.0462 e. The molecule has 0 aliphatic rings. The SMILES string of the molecule is CCCCCCCCCCCCCCCCCCCCCCCCCOC.